The van der Waals surface area contributed by atoms with Crippen molar-refractivity contribution in [3.8, 4) is 92.0 Å². The Morgan fingerprint density at radius 2 is 0.969 bits per heavy atom. The van der Waals surface area contributed by atoms with Gasteiger partial charge in [-0.05, 0) is 48.5 Å². The fourth-order valence-corrected chi connectivity index (χ4v) is 7.74. The zero-order valence-corrected chi connectivity index (χ0v) is 32.3. The summed E-state index contributed by atoms with van der Waals surface area (Å²) >= 11 is 0. The molecular formula is C44H34O20. The number of hydrogen-bond acceptors (Lipinski definition) is 20. The van der Waals surface area contributed by atoms with Crippen molar-refractivity contribution in [3.05, 3.63) is 118 Å². The maximum atomic E-state index is 14.1. The number of fused-ring (bicyclic) bond motifs is 2. The third-order valence-corrected chi connectivity index (χ3v) is 10.7. The van der Waals surface area contributed by atoms with Gasteiger partial charge in [0.05, 0.1) is 17.0 Å². The van der Waals surface area contributed by atoms with Gasteiger partial charge in [0.25, 0.3) is 0 Å². The standard InChI is InChI=1S/C44H34O20/c45-19-11-26(51)34-32(12-19)61-40(16-2-4-22(47)25(50)6-16)42(64-44(60)18-9-30(55)38(58)31(56)10-18)36(34)35-27(52)14-23(48)20-13-33(62-43(59)17-7-28(53)37(57)29(54)8-17)39(63-41(20)35)15-1-3-21(46)24(49)5-15/h1-12,14,33,36,39-40,42,45-58H,13H2/t33-,36+,39-,40+,42+/m0/s1. The Kier molecular flexibility index (Phi) is 10.1. The van der Waals surface area contributed by atoms with Gasteiger partial charge in [0.2, 0.25) is 0 Å². The number of hydrogen-bond donors (Lipinski definition) is 14. The first-order valence-electron chi connectivity index (χ1n) is 18.7. The van der Waals surface area contributed by atoms with Crippen LogP contribution in [0.3, 0.4) is 0 Å². The molecule has 0 aliphatic carbocycles. The first-order valence-corrected chi connectivity index (χ1v) is 18.7. The van der Waals surface area contributed by atoms with Crippen LogP contribution in [0.25, 0.3) is 0 Å². The Labute approximate surface area is 358 Å². The van der Waals surface area contributed by atoms with E-state index in [0.29, 0.717) is 0 Å². The third-order valence-electron chi connectivity index (χ3n) is 10.7. The van der Waals surface area contributed by atoms with Gasteiger partial charge in [-0.1, -0.05) is 12.1 Å². The Bertz CT molecular complexity index is 2860. The van der Waals surface area contributed by atoms with E-state index in [1.165, 1.54) is 12.1 Å². The van der Waals surface area contributed by atoms with Crippen LogP contribution in [0, 0.1) is 0 Å². The molecule has 0 saturated heterocycles. The lowest BCUT2D eigenvalue weighted by atomic mass is 9.77. The van der Waals surface area contributed by atoms with Crippen molar-refractivity contribution < 1.29 is 100 Å². The second-order valence-corrected chi connectivity index (χ2v) is 14.8. The minimum Gasteiger partial charge on any atom is -0.508 e. The van der Waals surface area contributed by atoms with Gasteiger partial charge in [0.1, 0.15) is 40.6 Å². The molecule has 2 heterocycles. The van der Waals surface area contributed by atoms with E-state index in [4.69, 9.17) is 18.9 Å². The minimum atomic E-state index is -1.85. The van der Waals surface area contributed by atoms with Gasteiger partial charge in [0.15, 0.2) is 75.8 Å². The van der Waals surface area contributed by atoms with Gasteiger partial charge in [-0.25, -0.2) is 9.59 Å². The summed E-state index contributed by atoms with van der Waals surface area (Å²) < 4.78 is 24.6. The van der Waals surface area contributed by atoms with Crippen LogP contribution < -0.4 is 9.47 Å². The number of phenols is 14. The SMILES string of the molecule is O=C(O[C@@H]1[C@@H](c2c(O)cc(O)c3c2O[C@@H](c2ccc(O)c(O)c2)[C@@H](OC(=O)c2cc(O)c(O)c(O)c2)C3)c2c(O)cc(O)cc2O[C@@H]1c1ccc(O)c(O)c1)c1cc(O)c(O)c(O)c1. The summed E-state index contributed by atoms with van der Waals surface area (Å²) in [5, 5.41) is 147. The molecule has 0 amide bonds. The van der Waals surface area contributed by atoms with E-state index >= 15 is 0 Å². The normalized spacial score (nSPS) is 18.7. The lowest BCUT2D eigenvalue weighted by Gasteiger charge is -2.42. The highest BCUT2D eigenvalue weighted by atomic mass is 16.6. The Morgan fingerprint density at radius 3 is 1.50 bits per heavy atom. The van der Waals surface area contributed by atoms with Gasteiger partial charge in [0, 0.05) is 52.4 Å². The predicted molar refractivity (Wildman–Crippen MR) is 213 cm³/mol. The van der Waals surface area contributed by atoms with Crippen molar-refractivity contribution in [1.29, 1.82) is 0 Å². The minimum absolute atomic E-state index is 0.0106. The zero-order chi connectivity index (χ0) is 46.0. The fraction of sp³-hybridized carbons (Fsp3) is 0.136. The number of benzene rings is 6. The lowest BCUT2D eigenvalue weighted by molar-refractivity contribution is -0.0303. The van der Waals surface area contributed by atoms with E-state index in [0.717, 1.165) is 66.7 Å². The van der Waals surface area contributed by atoms with Gasteiger partial charge in [-0.2, -0.15) is 0 Å². The highest BCUT2D eigenvalue weighted by Crippen LogP contribution is 2.58. The van der Waals surface area contributed by atoms with Gasteiger partial charge < -0.3 is 90.4 Å². The summed E-state index contributed by atoms with van der Waals surface area (Å²) in [5.74, 6) is -15.6. The molecule has 6 aromatic carbocycles. The third kappa shape index (κ3) is 7.23. The Hall–Kier alpha value is -8.94. The number of phenolic OH excluding ortho intramolecular Hbond substituents is 14. The Morgan fingerprint density at radius 1 is 0.469 bits per heavy atom. The van der Waals surface area contributed by atoms with Gasteiger partial charge in [-0.15, -0.1) is 0 Å². The van der Waals surface area contributed by atoms with E-state index in [9.17, 15) is 81.1 Å². The molecule has 2 aliphatic rings. The monoisotopic (exact) mass is 882 g/mol. The second kappa shape index (κ2) is 15.5. The van der Waals surface area contributed by atoms with Crippen LogP contribution in [0.1, 0.15) is 66.7 Å². The molecule has 6 aromatic rings. The molecule has 20 nitrogen and oxygen atoms in total. The van der Waals surface area contributed by atoms with Crippen molar-refractivity contribution in [2.24, 2.45) is 0 Å². The largest absolute Gasteiger partial charge is 0.508 e. The molecule has 330 valence electrons. The molecule has 0 saturated carbocycles. The van der Waals surface area contributed by atoms with Crippen molar-refractivity contribution in [2.45, 2.75) is 36.8 Å². The van der Waals surface area contributed by atoms with Crippen LogP contribution >= 0.6 is 0 Å². The van der Waals surface area contributed by atoms with Crippen molar-refractivity contribution in [1.82, 2.24) is 0 Å². The highest BCUT2D eigenvalue weighted by molar-refractivity contribution is 5.92. The first-order chi connectivity index (χ1) is 30.3. The van der Waals surface area contributed by atoms with Crippen LogP contribution in [0.5, 0.6) is 92.0 Å². The average molecular weight is 883 g/mol. The molecule has 64 heavy (non-hydrogen) atoms. The van der Waals surface area contributed by atoms with E-state index in [1.54, 1.807) is 0 Å². The van der Waals surface area contributed by atoms with Crippen molar-refractivity contribution in [2.75, 3.05) is 0 Å². The highest BCUT2D eigenvalue weighted by Gasteiger charge is 2.49. The molecule has 14 N–H and O–H groups in total. The lowest BCUT2D eigenvalue weighted by Crippen LogP contribution is -2.40. The maximum Gasteiger partial charge on any atom is 0.338 e. The number of carbonyl (C=O) groups excluding carboxylic acids is 2. The van der Waals surface area contributed by atoms with Crippen LogP contribution in [-0.2, 0) is 15.9 Å². The second-order valence-electron chi connectivity index (χ2n) is 14.8. The van der Waals surface area contributed by atoms with Crippen LogP contribution in [-0.4, -0.2) is 95.6 Å². The molecule has 8 rings (SSSR count). The van der Waals surface area contributed by atoms with Crippen LogP contribution in [0.2, 0.25) is 0 Å². The summed E-state index contributed by atoms with van der Waals surface area (Å²) in [4.78, 5) is 27.6. The fourth-order valence-electron chi connectivity index (χ4n) is 7.74. The van der Waals surface area contributed by atoms with Crippen molar-refractivity contribution in [3.63, 3.8) is 0 Å². The summed E-state index contributed by atoms with van der Waals surface area (Å²) in [6.45, 7) is 0. The summed E-state index contributed by atoms with van der Waals surface area (Å²) in [7, 11) is 0. The average Bonchev–Trinajstić information content (AvgIpc) is 3.23. The molecule has 2 aliphatic heterocycles. The molecule has 0 radical (unpaired) electrons. The molecule has 0 spiro atoms. The molecule has 0 fully saturated rings. The van der Waals surface area contributed by atoms with Gasteiger partial charge in [-0.3, -0.25) is 0 Å². The van der Waals surface area contributed by atoms with E-state index < -0.39 is 146 Å². The quantitative estimate of drug-likeness (QED) is 0.0744. The van der Waals surface area contributed by atoms with Crippen LogP contribution in [0.15, 0.2) is 78.9 Å². The number of aromatic hydroxyl groups is 14. The smallest absolute Gasteiger partial charge is 0.338 e. The number of esters is 2. The van der Waals surface area contributed by atoms with E-state index in [-0.39, 0.29) is 33.6 Å². The number of ether oxygens (including phenoxy) is 4. The van der Waals surface area contributed by atoms with Crippen molar-refractivity contribution >= 4 is 11.9 Å². The molecular weight excluding hydrogens is 848 g/mol. The zero-order valence-electron chi connectivity index (χ0n) is 32.3. The van der Waals surface area contributed by atoms with Gasteiger partial charge >= 0.3 is 11.9 Å². The van der Waals surface area contributed by atoms with E-state index in [1.807, 2.05) is 0 Å². The first kappa shape index (κ1) is 41.8. The molecule has 0 bridgehead atoms. The molecule has 0 aromatic heterocycles. The number of rotatable bonds is 7. The molecule has 5 atom stereocenters. The topological polar surface area (TPSA) is 354 Å². The predicted octanol–water partition coefficient (Wildman–Crippen LogP) is 4.96. The maximum absolute atomic E-state index is 14.1. The number of carbonyl (C=O) groups is 2. The Balaban J connectivity index is 1.34. The summed E-state index contributed by atoms with van der Waals surface area (Å²) in [5.41, 5.74) is -1.85. The molecule has 0 unspecified atom stereocenters. The summed E-state index contributed by atoms with van der Waals surface area (Å²) in [6.07, 6.45) is -6.98. The molecule has 20 heteroatoms. The summed E-state index contributed by atoms with van der Waals surface area (Å²) in [6, 6.07) is 12.6. The van der Waals surface area contributed by atoms with E-state index in [2.05, 4.69) is 0 Å². The van der Waals surface area contributed by atoms with Crippen LogP contribution in [0.4, 0.5) is 0 Å².